The Bertz CT molecular complexity index is 730. The molecule has 2 fully saturated rings. The van der Waals surface area contributed by atoms with Crippen molar-refractivity contribution >= 4 is 15.9 Å². The second kappa shape index (κ2) is 7.35. The Morgan fingerprint density at radius 1 is 1.08 bits per heavy atom. The average molecular weight is 374 g/mol. The van der Waals surface area contributed by atoms with Gasteiger partial charge in [0.1, 0.15) is 11.6 Å². The molecular formula is C16H20F2N2O4S. The first-order valence-corrected chi connectivity index (χ1v) is 9.65. The number of hydrogen-bond donors (Lipinski definition) is 0. The number of morpholine rings is 1. The molecule has 1 amide bonds. The van der Waals surface area contributed by atoms with Crippen molar-refractivity contribution in [3.05, 3.63) is 29.8 Å². The summed E-state index contributed by atoms with van der Waals surface area (Å²) < 4.78 is 58.5. The zero-order valence-corrected chi connectivity index (χ0v) is 14.5. The maximum Gasteiger partial charge on any atom is 0.243 e. The summed E-state index contributed by atoms with van der Waals surface area (Å²) in [7, 11) is -4.05. The molecule has 1 aromatic carbocycles. The number of rotatable bonds is 3. The Morgan fingerprint density at radius 2 is 1.72 bits per heavy atom. The fourth-order valence-electron chi connectivity index (χ4n) is 3.23. The highest BCUT2D eigenvalue weighted by Gasteiger charge is 2.35. The van der Waals surface area contributed by atoms with Crippen LogP contribution in [0.1, 0.15) is 12.8 Å². The molecule has 3 rings (SSSR count). The second-order valence-electron chi connectivity index (χ2n) is 6.25. The molecule has 0 spiro atoms. The molecule has 2 saturated heterocycles. The monoisotopic (exact) mass is 374 g/mol. The van der Waals surface area contributed by atoms with Crippen LogP contribution >= 0.6 is 0 Å². The topological polar surface area (TPSA) is 66.9 Å². The maximum absolute atomic E-state index is 13.4. The molecule has 9 heteroatoms. The molecule has 0 unspecified atom stereocenters. The molecular weight excluding hydrogens is 354 g/mol. The second-order valence-corrected chi connectivity index (χ2v) is 8.18. The highest BCUT2D eigenvalue weighted by atomic mass is 32.2. The van der Waals surface area contributed by atoms with Crippen molar-refractivity contribution in [2.24, 2.45) is 5.92 Å². The van der Waals surface area contributed by atoms with Crippen LogP contribution in [0.4, 0.5) is 8.78 Å². The summed E-state index contributed by atoms with van der Waals surface area (Å²) in [5.41, 5.74) is 0. The number of ether oxygens (including phenoxy) is 1. The van der Waals surface area contributed by atoms with Gasteiger partial charge in [-0.1, -0.05) is 0 Å². The summed E-state index contributed by atoms with van der Waals surface area (Å²) in [6.07, 6.45) is 1.12. The highest BCUT2D eigenvalue weighted by molar-refractivity contribution is 7.89. The molecule has 1 aromatic rings. The van der Waals surface area contributed by atoms with Gasteiger partial charge in [-0.05, 0) is 25.0 Å². The van der Waals surface area contributed by atoms with Crippen LogP contribution in [0.15, 0.2) is 23.1 Å². The summed E-state index contributed by atoms with van der Waals surface area (Å²) in [6, 6.07) is 2.22. The molecule has 6 nitrogen and oxygen atoms in total. The Kier molecular flexibility index (Phi) is 5.35. The number of sulfonamides is 1. The van der Waals surface area contributed by atoms with E-state index >= 15 is 0 Å². The zero-order chi connectivity index (χ0) is 18.0. The first-order chi connectivity index (χ1) is 11.9. The standard InChI is InChI=1S/C16H20F2N2O4S/c17-13-8-14(18)10-15(9-13)25(22,23)20-3-1-2-12(11-20)16(21)19-4-6-24-7-5-19/h8-10,12H,1-7,11H2/t12-/m0/s1. The lowest BCUT2D eigenvalue weighted by Crippen LogP contribution is -2.49. The van der Waals surface area contributed by atoms with Gasteiger partial charge in [0.25, 0.3) is 0 Å². The van der Waals surface area contributed by atoms with E-state index in [0.717, 1.165) is 16.4 Å². The van der Waals surface area contributed by atoms with Crippen molar-refractivity contribution in [2.45, 2.75) is 17.7 Å². The van der Waals surface area contributed by atoms with Gasteiger partial charge in [-0.25, -0.2) is 17.2 Å². The highest BCUT2D eigenvalue weighted by Crippen LogP contribution is 2.26. The van der Waals surface area contributed by atoms with Gasteiger partial charge in [0.2, 0.25) is 15.9 Å². The number of hydrogen-bond acceptors (Lipinski definition) is 4. The summed E-state index contributed by atoms with van der Waals surface area (Å²) in [5, 5.41) is 0. The van der Waals surface area contributed by atoms with Crippen LogP contribution in [-0.4, -0.2) is 62.9 Å². The van der Waals surface area contributed by atoms with E-state index in [1.54, 1.807) is 4.90 Å². The normalized spacial score (nSPS) is 22.8. The molecule has 1 atom stereocenters. The van der Waals surface area contributed by atoms with Gasteiger partial charge in [-0.15, -0.1) is 0 Å². The van der Waals surface area contributed by atoms with Crippen molar-refractivity contribution in [3.8, 4) is 0 Å². The Labute approximate surface area is 145 Å². The molecule has 0 aliphatic carbocycles. The number of amides is 1. The zero-order valence-electron chi connectivity index (χ0n) is 13.7. The fourth-order valence-corrected chi connectivity index (χ4v) is 4.80. The lowest BCUT2D eigenvalue weighted by atomic mass is 9.98. The van der Waals surface area contributed by atoms with E-state index in [0.29, 0.717) is 45.2 Å². The maximum atomic E-state index is 13.4. The van der Waals surface area contributed by atoms with Crippen LogP contribution in [0.25, 0.3) is 0 Å². The number of piperidine rings is 1. The predicted octanol–water partition coefficient (Wildman–Crippen LogP) is 1.22. The molecule has 25 heavy (non-hydrogen) atoms. The first-order valence-electron chi connectivity index (χ1n) is 8.21. The summed E-state index contributed by atoms with van der Waals surface area (Å²) in [4.78, 5) is 13.9. The molecule has 0 saturated carbocycles. The van der Waals surface area contributed by atoms with Gasteiger partial charge in [-0.3, -0.25) is 4.79 Å². The van der Waals surface area contributed by atoms with Crippen LogP contribution in [-0.2, 0) is 19.6 Å². The molecule has 2 aliphatic rings. The number of carbonyl (C=O) groups excluding carboxylic acids is 1. The third-order valence-corrected chi connectivity index (χ3v) is 6.37. The van der Waals surface area contributed by atoms with Gasteiger partial charge in [0, 0.05) is 32.2 Å². The summed E-state index contributed by atoms with van der Waals surface area (Å²) in [6.45, 7) is 2.20. The summed E-state index contributed by atoms with van der Waals surface area (Å²) in [5.74, 6) is -2.43. The number of halogens is 2. The minimum Gasteiger partial charge on any atom is -0.378 e. The van der Waals surface area contributed by atoms with Crippen molar-refractivity contribution in [3.63, 3.8) is 0 Å². The van der Waals surface area contributed by atoms with Crippen LogP contribution < -0.4 is 0 Å². The molecule has 138 valence electrons. The quantitative estimate of drug-likeness (QED) is 0.798. The third kappa shape index (κ3) is 3.99. The summed E-state index contributed by atoms with van der Waals surface area (Å²) >= 11 is 0. The largest absolute Gasteiger partial charge is 0.378 e. The van der Waals surface area contributed by atoms with Crippen LogP contribution in [0.3, 0.4) is 0 Å². The molecule has 0 radical (unpaired) electrons. The minimum atomic E-state index is -4.05. The number of benzene rings is 1. The number of nitrogens with zero attached hydrogens (tertiary/aromatic N) is 2. The van der Waals surface area contributed by atoms with Gasteiger partial charge >= 0.3 is 0 Å². The van der Waals surface area contributed by atoms with Crippen molar-refractivity contribution in [1.82, 2.24) is 9.21 Å². The van der Waals surface area contributed by atoms with E-state index in [1.807, 2.05) is 0 Å². The van der Waals surface area contributed by atoms with Gasteiger partial charge in [0.05, 0.1) is 24.0 Å². The minimum absolute atomic E-state index is 0.0245. The molecule has 0 N–H and O–H groups in total. The van der Waals surface area contributed by atoms with Crippen LogP contribution in [0.2, 0.25) is 0 Å². The fraction of sp³-hybridized carbons (Fsp3) is 0.562. The van der Waals surface area contributed by atoms with E-state index in [2.05, 4.69) is 0 Å². The van der Waals surface area contributed by atoms with E-state index in [1.165, 1.54) is 0 Å². The smallest absolute Gasteiger partial charge is 0.243 e. The third-order valence-electron chi connectivity index (χ3n) is 4.53. The molecule has 2 heterocycles. The van der Waals surface area contributed by atoms with Crippen molar-refractivity contribution in [2.75, 3.05) is 39.4 Å². The van der Waals surface area contributed by atoms with E-state index < -0.39 is 32.5 Å². The molecule has 0 bridgehead atoms. The van der Waals surface area contributed by atoms with Crippen LogP contribution in [0, 0.1) is 17.6 Å². The molecule has 2 aliphatic heterocycles. The van der Waals surface area contributed by atoms with Crippen molar-refractivity contribution < 1.29 is 26.7 Å². The van der Waals surface area contributed by atoms with Gasteiger partial charge in [-0.2, -0.15) is 4.31 Å². The molecule has 0 aromatic heterocycles. The Balaban J connectivity index is 1.76. The van der Waals surface area contributed by atoms with Crippen LogP contribution in [0.5, 0.6) is 0 Å². The first kappa shape index (κ1) is 18.2. The Morgan fingerprint density at radius 3 is 2.36 bits per heavy atom. The van der Waals surface area contributed by atoms with E-state index in [4.69, 9.17) is 4.74 Å². The average Bonchev–Trinajstić information content (AvgIpc) is 2.61. The lowest BCUT2D eigenvalue weighted by molar-refractivity contribution is -0.140. The van der Waals surface area contributed by atoms with E-state index in [-0.39, 0.29) is 19.0 Å². The Hall–Kier alpha value is -1.58. The van der Waals surface area contributed by atoms with E-state index in [9.17, 15) is 22.0 Å². The number of carbonyl (C=O) groups is 1. The van der Waals surface area contributed by atoms with Gasteiger partial charge in [0.15, 0.2) is 0 Å². The predicted molar refractivity (Wildman–Crippen MR) is 85.2 cm³/mol. The lowest BCUT2D eigenvalue weighted by Gasteiger charge is -2.35. The SMILES string of the molecule is O=C([C@H]1CCCN(S(=O)(=O)c2cc(F)cc(F)c2)C1)N1CCOCC1. The van der Waals surface area contributed by atoms with Crippen molar-refractivity contribution in [1.29, 1.82) is 0 Å². The van der Waals surface area contributed by atoms with Gasteiger partial charge < -0.3 is 9.64 Å².